The molecule has 19 heavy (non-hydrogen) atoms. The van der Waals surface area contributed by atoms with E-state index in [1.165, 1.54) is 27.4 Å². The van der Waals surface area contributed by atoms with E-state index in [1.807, 2.05) is 23.1 Å². The number of fused-ring (bicyclic) bond motifs is 1. The lowest BCUT2D eigenvalue weighted by molar-refractivity contribution is 0.670. The van der Waals surface area contributed by atoms with Gasteiger partial charge in [-0.05, 0) is 47.5 Å². The van der Waals surface area contributed by atoms with Crippen molar-refractivity contribution in [2.24, 2.45) is 0 Å². The molecule has 2 aromatic rings. The van der Waals surface area contributed by atoms with Gasteiger partial charge >= 0.3 is 0 Å². The van der Waals surface area contributed by atoms with Gasteiger partial charge in [-0.2, -0.15) is 0 Å². The second-order valence-corrected chi connectivity index (χ2v) is 7.70. The molecule has 1 unspecified atom stereocenters. The monoisotopic (exact) mass is 289 g/mol. The van der Waals surface area contributed by atoms with Crippen LogP contribution in [0.3, 0.4) is 0 Å². The molecule has 3 rings (SSSR count). The third-order valence-electron chi connectivity index (χ3n) is 3.61. The lowest BCUT2D eigenvalue weighted by Gasteiger charge is -2.28. The molecule has 1 nitrogen and oxygen atoms in total. The minimum absolute atomic E-state index is 0.463. The van der Waals surface area contributed by atoms with Crippen LogP contribution in [0, 0.1) is 0 Å². The van der Waals surface area contributed by atoms with Crippen molar-refractivity contribution < 1.29 is 0 Å². The summed E-state index contributed by atoms with van der Waals surface area (Å²) in [5.74, 6) is 0. The first kappa shape index (κ1) is 13.1. The van der Waals surface area contributed by atoms with Crippen LogP contribution in [-0.2, 0) is 6.42 Å². The molecule has 0 saturated carbocycles. The Morgan fingerprint density at radius 1 is 1.21 bits per heavy atom. The number of nitrogens with one attached hydrogen (secondary N) is 1. The van der Waals surface area contributed by atoms with Gasteiger partial charge in [-0.15, -0.1) is 23.1 Å². The first-order valence-electron chi connectivity index (χ1n) is 6.85. The number of benzene rings is 1. The number of rotatable bonds is 3. The molecule has 2 heterocycles. The Balaban J connectivity index is 1.79. The number of hydrogen-bond donors (Lipinski definition) is 1. The van der Waals surface area contributed by atoms with Crippen molar-refractivity contribution in [2.45, 2.75) is 42.2 Å². The van der Waals surface area contributed by atoms with Crippen LogP contribution in [0.15, 0.2) is 39.9 Å². The van der Waals surface area contributed by atoms with E-state index in [9.17, 15) is 0 Å². The lowest BCUT2D eigenvalue weighted by Crippen LogP contribution is -2.18. The summed E-state index contributed by atoms with van der Waals surface area (Å²) < 4.78 is 1.49. The SMILES string of the molecule is CCc1ccc(NC2C[C@H](C)Sc3sccc32)cc1. The van der Waals surface area contributed by atoms with E-state index in [-0.39, 0.29) is 0 Å². The van der Waals surface area contributed by atoms with E-state index in [4.69, 9.17) is 0 Å². The van der Waals surface area contributed by atoms with Crippen molar-refractivity contribution in [1.29, 1.82) is 0 Å². The standard InChI is InChI=1S/C16H19NS2/c1-3-12-4-6-13(7-5-12)17-15-10-11(2)19-16-14(15)8-9-18-16/h4-9,11,15,17H,3,10H2,1-2H3/t11-,15?/m0/s1. The zero-order valence-electron chi connectivity index (χ0n) is 11.3. The Kier molecular flexibility index (Phi) is 3.85. The maximum absolute atomic E-state index is 3.70. The molecule has 3 heteroatoms. The van der Waals surface area contributed by atoms with Crippen LogP contribution in [0.2, 0.25) is 0 Å². The van der Waals surface area contributed by atoms with E-state index < -0.39 is 0 Å². The topological polar surface area (TPSA) is 12.0 Å². The van der Waals surface area contributed by atoms with Crippen LogP contribution >= 0.6 is 23.1 Å². The van der Waals surface area contributed by atoms with Gasteiger partial charge in [0.1, 0.15) is 0 Å². The van der Waals surface area contributed by atoms with E-state index in [0.717, 1.165) is 6.42 Å². The minimum atomic E-state index is 0.463. The van der Waals surface area contributed by atoms with E-state index in [0.29, 0.717) is 11.3 Å². The van der Waals surface area contributed by atoms with Gasteiger partial charge in [0, 0.05) is 10.9 Å². The summed E-state index contributed by atoms with van der Waals surface area (Å²) in [6, 6.07) is 11.6. The van der Waals surface area contributed by atoms with E-state index in [1.54, 1.807) is 0 Å². The zero-order chi connectivity index (χ0) is 13.2. The Labute approximate surface area is 123 Å². The number of thioether (sulfide) groups is 1. The molecule has 2 atom stereocenters. The van der Waals surface area contributed by atoms with Gasteiger partial charge in [-0.3, -0.25) is 0 Å². The van der Waals surface area contributed by atoms with Crippen LogP contribution in [0.4, 0.5) is 5.69 Å². The van der Waals surface area contributed by atoms with Gasteiger partial charge in [-0.1, -0.05) is 26.0 Å². The quantitative estimate of drug-likeness (QED) is 0.817. The van der Waals surface area contributed by atoms with Crippen molar-refractivity contribution in [3.63, 3.8) is 0 Å². The summed E-state index contributed by atoms with van der Waals surface area (Å²) in [5.41, 5.74) is 4.11. The fourth-order valence-electron chi connectivity index (χ4n) is 2.52. The Hall–Kier alpha value is -0.930. The normalized spacial score (nSPS) is 22.0. The third kappa shape index (κ3) is 2.82. The minimum Gasteiger partial charge on any atom is -0.378 e. The number of hydrogen-bond acceptors (Lipinski definition) is 3. The average molecular weight is 289 g/mol. The van der Waals surface area contributed by atoms with Crippen molar-refractivity contribution in [3.05, 3.63) is 46.8 Å². The lowest BCUT2D eigenvalue weighted by atomic mass is 10.0. The molecule has 1 aliphatic rings. The third-order valence-corrected chi connectivity index (χ3v) is 5.96. The smallest absolute Gasteiger partial charge is 0.0653 e. The van der Waals surface area contributed by atoms with Gasteiger partial charge < -0.3 is 5.32 Å². The zero-order valence-corrected chi connectivity index (χ0v) is 13.0. The Bertz CT molecular complexity index is 544. The van der Waals surface area contributed by atoms with Crippen LogP contribution in [-0.4, -0.2) is 5.25 Å². The summed E-state index contributed by atoms with van der Waals surface area (Å²) in [5, 5.41) is 6.60. The first-order valence-corrected chi connectivity index (χ1v) is 8.61. The molecule has 0 radical (unpaired) electrons. The van der Waals surface area contributed by atoms with Crippen molar-refractivity contribution in [1.82, 2.24) is 0 Å². The average Bonchev–Trinajstić information content (AvgIpc) is 2.88. The Morgan fingerprint density at radius 2 is 2.00 bits per heavy atom. The molecule has 0 saturated heterocycles. The number of aryl methyl sites for hydroxylation is 1. The molecule has 0 bridgehead atoms. The maximum Gasteiger partial charge on any atom is 0.0653 e. The molecular weight excluding hydrogens is 270 g/mol. The van der Waals surface area contributed by atoms with E-state index in [2.05, 4.69) is 54.9 Å². The van der Waals surface area contributed by atoms with Gasteiger partial charge in [0.2, 0.25) is 0 Å². The molecular formula is C16H19NS2. The second-order valence-electron chi connectivity index (χ2n) is 5.07. The summed E-state index contributed by atoms with van der Waals surface area (Å²) >= 11 is 3.89. The van der Waals surface area contributed by atoms with Gasteiger partial charge in [0.05, 0.1) is 10.3 Å². The first-order chi connectivity index (χ1) is 9.26. The fourth-order valence-corrected chi connectivity index (χ4v) is 5.09. The van der Waals surface area contributed by atoms with Crippen molar-refractivity contribution >= 4 is 28.8 Å². The summed E-state index contributed by atoms with van der Waals surface area (Å²) in [4.78, 5) is 0. The fraction of sp³-hybridized carbons (Fsp3) is 0.375. The van der Waals surface area contributed by atoms with Crippen LogP contribution in [0.5, 0.6) is 0 Å². The summed E-state index contributed by atoms with van der Waals surface area (Å²) in [7, 11) is 0. The molecule has 100 valence electrons. The van der Waals surface area contributed by atoms with Crippen LogP contribution in [0.1, 0.15) is 37.4 Å². The molecule has 0 fully saturated rings. The summed E-state index contributed by atoms with van der Waals surface area (Å²) in [6.07, 6.45) is 2.30. The highest BCUT2D eigenvalue weighted by Crippen LogP contribution is 2.44. The molecule has 0 amide bonds. The highest BCUT2D eigenvalue weighted by atomic mass is 32.2. The highest BCUT2D eigenvalue weighted by molar-refractivity contribution is 8.01. The van der Waals surface area contributed by atoms with Crippen molar-refractivity contribution in [3.8, 4) is 0 Å². The highest BCUT2D eigenvalue weighted by Gasteiger charge is 2.26. The Morgan fingerprint density at radius 3 is 2.74 bits per heavy atom. The van der Waals surface area contributed by atoms with Gasteiger partial charge in [-0.25, -0.2) is 0 Å². The van der Waals surface area contributed by atoms with Crippen LogP contribution in [0.25, 0.3) is 0 Å². The van der Waals surface area contributed by atoms with Crippen molar-refractivity contribution in [2.75, 3.05) is 5.32 Å². The molecule has 1 aromatic heterocycles. The summed E-state index contributed by atoms with van der Waals surface area (Å²) in [6.45, 7) is 4.52. The van der Waals surface area contributed by atoms with Gasteiger partial charge in [0.25, 0.3) is 0 Å². The largest absolute Gasteiger partial charge is 0.378 e. The van der Waals surface area contributed by atoms with Crippen LogP contribution < -0.4 is 5.32 Å². The molecule has 1 aromatic carbocycles. The van der Waals surface area contributed by atoms with Gasteiger partial charge in [0.15, 0.2) is 0 Å². The second kappa shape index (κ2) is 5.59. The predicted molar refractivity (Wildman–Crippen MR) is 86.4 cm³/mol. The molecule has 0 aliphatic carbocycles. The molecule has 0 spiro atoms. The number of thiophene rings is 1. The predicted octanol–water partition coefficient (Wildman–Crippen LogP) is 5.35. The molecule has 1 aliphatic heterocycles. The van der Waals surface area contributed by atoms with E-state index >= 15 is 0 Å². The maximum atomic E-state index is 3.70. The molecule has 1 N–H and O–H groups in total. The number of anilines is 1.